The van der Waals surface area contributed by atoms with Crippen LogP contribution in [-0.4, -0.2) is 29.6 Å². The van der Waals surface area contributed by atoms with Gasteiger partial charge in [-0.1, -0.05) is 26.7 Å². The van der Waals surface area contributed by atoms with Crippen molar-refractivity contribution in [3.05, 3.63) is 30.5 Å². The molecule has 1 aliphatic carbocycles. The smallest absolute Gasteiger partial charge is 0.253 e. The van der Waals surface area contributed by atoms with Gasteiger partial charge in [-0.15, -0.1) is 0 Å². The molecule has 1 unspecified atom stereocenters. The summed E-state index contributed by atoms with van der Waals surface area (Å²) < 4.78 is 5.90. The molecule has 1 amide bonds. The Balaban J connectivity index is 1.78. The van der Waals surface area contributed by atoms with Gasteiger partial charge >= 0.3 is 0 Å². The lowest BCUT2D eigenvalue weighted by Gasteiger charge is -2.31. The summed E-state index contributed by atoms with van der Waals surface area (Å²) in [6, 6.07) is 8.37. The van der Waals surface area contributed by atoms with Crippen molar-refractivity contribution in [2.75, 3.05) is 11.5 Å². The van der Waals surface area contributed by atoms with Gasteiger partial charge in [-0.2, -0.15) is 0 Å². The van der Waals surface area contributed by atoms with Crippen molar-refractivity contribution in [1.29, 1.82) is 0 Å². The molecule has 25 heavy (non-hydrogen) atoms. The molecule has 1 fully saturated rings. The van der Waals surface area contributed by atoms with Crippen molar-refractivity contribution in [1.82, 2.24) is 4.98 Å². The van der Waals surface area contributed by atoms with Crippen LogP contribution in [0.3, 0.4) is 0 Å². The number of benzene rings is 1. The second-order valence-electron chi connectivity index (χ2n) is 7.71. The number of hydrogen-bond donors (Lipinski definition) is 1. The van der Waals surface area contributed by atoms with Crippen molar-refractivity contribution < 1.29 is 9.53 Å². The molecule has 136 valence electrons. The lowest BCUT2D eigenvalue weighted by Crippen LogP contribution is -2.42. The molecule has 1 heterocycles. The van der Waals surface area contributed by atoms with E-state index in [0.29, 0.717) is 5.92 Å². The standard InChI is InChI=1S/C21H30N2O2/c1-15(2)12-16(3)23(21(24)14-25-19-6-4-5-7-19)18-8-9-20-17(13-18)10-11-22-20/h8-11,13,15-16,19,22H,4-7,12,14H2,1-3H3. The van der Waals surface area contributed by atoms with Crippen LogP contribution >= 0.6 is 0 Å². The third-order valence-electron chi connectivity index (χ3n) is 5.08. The lowest BCUT2D eigenvalue weighted by atomic mass is 10.0. The zero-order valence-electron chi connectivity index (χ0n) is 15.6. The zero-order valence-corrected chi connectivity index (χ0v) is 15.6. The van der Waals surface area contributed by atoms with Crippen molar-refractivity contribution in [2.45, 2.75) is 65.0 Å². The van der Waals surface area contributed by atoms with E-state index in [1.54, 1.807) is 0 Å². The van der Waals surface area contributed by atoms with Gasteiger partial charge in [-0.25, -0.2) is 0 Å². The average molecular weight is 342 g/mol. The number of nitrogens with zero attached hydrogens (tertiary/aromatic N) is 1. The quantitative estimate of drug-likeness (QED) is 0.778. The van der Waals surface area contributed by atoms with E-state index in [-0.39, 0.29) is 24.7 Å². The number of carbonyl (C=O) groups is 1. The SMILES string of the molecule is CC(C)CC(C)N(C(=O)COC1CCCC1)c1ccc2[nH]ccc2c1. The summed E-state index contributed by atoms with van der Waals surface area (Å²) >= 11 is 0. The number of carbonyl (C=O) groups excluding carboxylic acids is 1. The molecule has 1 N–H and O–H groups in total. The van der Waals surface area contributed by atoms with Gasteiger partial charge in [0, 0.05) is 28.8 Å². The second-order valence-corrected chi connectivity index (χ2v) is 7.71. The number of amides is 1. The Morgan fingerprint density at radius 3 is 2.72 bits per heavy atom. The van der Waals surface area contributed by atoms with E-state index >= 15 is 0 Å². The Bertz CT molecular complexity index is 701. The van der Waals surface area contributed by atoms with Crippen LogP contribution in [0.2, 0.25) is 0 Å². The van der Waals surface area contributed by atoms with Crippen molar-refractivity contribution in [3.8, 4) is 0 Å². The van der Waals surface area contributed by atoms with Crippen LogP contribution in [0.15, 0.2) is 30.5 Å². The van der Waals surface area contributed by atoms with Gasteiger partial charge < -0.3 is 14.6 Å². The molecule has 0 saturated heterocycles. The monoisotopic (exact) mass is 342 g/mol. The predicted molar refractivity (Wildman–Crippen MR) is 103 cm³/mol. The fourth-order valence-electron chi connectivity index (χ4n) is 3.94. The lowest BCUT2D eigenvalue weighted by molar-refractivity contribution is -0.125. The molecular formula is C21H30N2O2. The van der Waals surface area contributed by atoms with Gasteiger partial charge in [0.05, 0.1) is 6.10 Å². The molecular weight excluding hydrogens is 312 g/mol. The summed E-state index contributed by atoms with van der Waals surface area (Å²) in [6.07, 6.45) is 7.78. The third kappa shape index (κ3) is 4.43. The first-order valence-corrected chi connectivity index (χ1v) is 9.55. The molecule has 1 aromatic carbocycles. The highest BCUT2D eigenvalue weighted by atomic mass is 16.5. The van der Waals surface area contributed by atoms with E-state index in [1.807, 2.05) is 29.3 Å². The van der Waals surface area contributed by atoms with E-state index in [1.165, 1.54) is 12.8 Å². The first-order valence-electron chi connectivity index (χ1n) is 9.55. The summed E-state index contributed by atoms with van der Waals surface area (Å²) in [5.74, 6) is 0.604. The first-order chi connectivity index (χ1) is 12.0. The number of anilines is 1. The maximum Gasteiger partial charge on any atom is 0.253 e. The van der Waals surface area contributed by atoms with Crippen LogP contribution < -0.4 is 4.90 Å². The Hall–Kier alpha value is -1.81. The number of H-pyrrole nitrogens is 1. The average Bonchev–Trinajstić information content (AvgIpc) is 3.23. The molecule has 1 saturated carbocycles. The number of aromatic amines is 1. The summed E-state index contributed by atoms with van der Waals surface area (Å²) in [6.45, 7) is 6.71. The largest absolute Gasteiger partial charge is 0.368 e. The summed E-state index contributed by atoms with van der Waals surface area (Å²) in [5, 5.41) is 1.13. The first kappa shape index (κ1) is 18.0. The minimum Gasteiger partial charge on any atom is -0.368 e. The fraction of sp³-hybridized carbons (Fsp3) is 0.571. The zero-order chi connectivity index (χ0) is 17.8. The van der Waals surface area contributed by atoms with Gasteiger partial charge in [0.1, 0.15) is 6.61 Å². The van der Waals surface area contributed by atoms with Crippen LogP contribution in [0.1, 0.15) is 52.9 Å². The summed E-state index contributed by atoms with van der Waals surface area (Å²) in [5.41, 5.74) is 2.05. The molecule has 0 spiro atoms. The summed E-state index contributed by atoms with van der Waals surface area (Å²) in [7, 11) is 0. The highest BCUT2D eigenvalue weighted by Gasteiger charge is 2.25. The van der Waals surface area contributed by atoms with Crippen molar-refractivity contribution in [3.63, 3.8) is 0 Å². The number of nitrogens with one attached hydrogen (secondary N) is 1. The molecule has 0 aliphatic heterocycles. The number of rotatable bonds is 7. The number of aromatic nitrogens is 1. The molecule has 4 heteroatoms. The topological polar surface area (TPSA) is 45.3 Å². The fourth-order valence-corrected chi connectivity index (χ4v) is 3.94. The van der Waals surface area contributed by atoms with Crippen LogP contribution in [0.25, 0.3) is 10.9 Å². The maximum atomic E-state index is 13.0. The third-order valence-corrected chi connectivity index (χ3v) is 5.08. The Labute approximate surface area is 150 Å². The Morgan fingerprint density at radius 1 is 1.24 bits per heavy atom. The van der Waals surface area contributed by atoms with Crippen molar-refractivity contribution in [2.24, 2.45) is 5.92 Å². The molecule has 1 aliphatic rings. The Kier molecular flexibility index (Phi) is 5.79. The van der Waals surface area contributed by atoms with E-state index < -0.39 is 0 Å². The number of hydrogen-bond acceptors (Lipinski definition) is 2. The number of fused-ring (bicyclic) bond motifs is 1. The molecule has 2 aromatic rings. The molecule has 0 radical (unpaired) electrons. The minimum atomic E-state index is 0.0648. The minimum absolute atomic E-state index is 0.0648. The highest BCUT2D eigenvalue weighted by Crippen LogP contribution is 2.26. The van der Waals surface area contributed by atoms with Crippen LogP contribution in [-0.2, 0) is 9.53 Å². The van der Waals surface area contributed by atoms with Gasteiger partial charge in [-0.3, -0.25) is 4.79 Å². The van der Waals surface area contributed by atoms with E-state index in [2.05, 4.69) is 31.8 Å². The van der Waals surface area contributed by atoms with Crippen LogP contribution in [0, 0.1) is 5.92 Å². The molecule has 0 bridgehead atoms. The highest BCUT2D eigenvalue weighted by molar-refractivity contribution is 5.97. The van der Waals surface area contributed by atoms with Crippen molar-refractivity contribution >= 4 is 22.5 Å². The van der Waals surface area contributed by atoms with E-state index in [9.17, 15) is 4.79 Å². The molecule has 4 nitrogen and oxygen atoms in total. The van der Waals surface area contributed by atoms with Gasteiger partial charge in [0.15, 0.2) is 0 Å². The van der Waals surface area contributed by atoms with Gasteiger partial charge in [0.25, 0.3) is 5.91 Å². The Morgan fingerprint density at radius 2 is 2.00 bits per heavy atom. The van der Waals surface area contributed by atoms with Gasteiger partial charge in [-0.05, 0) is 56.4 Å². The van der Waals surface area contributed by atoms with E-state index in [4.69, 9.17) is 4.74 Å². The van der Waals surface area contributed by atoms with Crippen LogP contribution in [0.5, 0.6) is 0 Å². The second kappa shape index (κ2) is 8.05. The van der Waals surface area contributed by atoms with Crippen LogP contribution in [0.4, 0.5) is 5.69 Å². The molecule has 3 rings (SSSR count). The maximum absolute atomic E-state index is 13.0. The predicted octanol–water partition coefficient (Wildman–Crippen LogP) is 4.89. The normalized spacial score (nSPS) is 16.6. The van der Waals surface area contributed by atoms with Gasteiger partial charge in [0.2, 0.25) is 0 Å². The molecule has 1 atom stereocenters. The van der Waals surface area contributed by atoms with E-state index in [0.717, 1.165) is 35.9 Å². The summed E-state index contributed by atoms with van der Waals surface area (Å²) in [4.78, 5) is 18.1. The number of ether oxygens (including phenoxy) is 1. The molecule has 1 aromatic heterocycles.